The van der Waals surface area contributed by atoms with Crippen LogP contribution in [0.1, 0.15) is 22.6 Å². The molecule has 0 unspecified atom stereocenters. The van der Waals surface area contributed by atoms with E-state index in [0.29, 0.717) is 24.5 Å². The number of aromatic nitrogens is 1. The molecule has 0 aliphatic heterocycles. The molecule has 1 aromatic carbocycles. The lowest BCUT2D eigenvalue weighted by Crippen LogP contribution is -2.26. The number of hydrogen-bond acceptors (Lipinski definition) is 4. The predicted octanol–water partition coefficient (Wildman–Crippen LogP) is 1.89. The zero-order valence-electron chi connectivity index (χ0n) is 11.8. The van der Waals surface area contributed by atoms with Crippen molar-refractivity contribution in [2.45, 2.75) is 13.3 Å². The van der Waals surface area contributed by atoms with Gasteiger partial charge in [0.05, 0.1) is 0 Å². The first-order chi connectivity index (χ1) is 9.63. The van der Waals surface area contributed by atoms with Gasteiger partial charge in [-0.1, -0.05) is 12.1 Å². The highest BCUT2D eigenvalue weighted by Gasteiger charge is 2.13. The first kappa shape index (κ1) is 14.3. The molecule has 106 valence electrons. The number of hydrogen-bond donors (Lipinski definition) is 2. The summed E-state index contributed by atoms with van der Waals surface area (Å²) >= 11 is 0. The summed E-state index contributed by atoms with van der Waals surface area (Å²) < 4.78 is 4.95. The number of rotatable bonds is 5. The molecule has 0 atom stereocenters. The number of aryl methyl sites for hydroxylation is 1. The minimum absolute atomic E-state index is 0.180. The van der Waals surface area contributed by atoms with Gasteiger partial charge in [-0.25, -0.2) is 4.98 Å². The third kappa shape index (κ3) is 3.05. The van der Waals surface area contributed by atoms with Gasteiger partial charge in [0.2, 0.25) is 0 Å². The molecule has 2 aromatic rings. The number of anilines is 1. The number of fused-ring (bicyclic) bond motifs is 1. The standard InChI is InChI=1S/C15H19N3O2/c1-10-9-12-11(5-3-6-13(12)16)14(18-10)15(19)17-7-4-8-20-2/h3,5-6,9H,4,7-8,16H2,1-2H3,(H,17,19). The average Bonchev–Trinajstić information content (AvgIpc) is 2.43. The zero-order valence-corrected chi connectivity index (χ0v) is 11.8. The third-order valence-corrected chi connectivity index (χ3v) is 3.06. The summed E-state index contributed by atoms with van der Waals surface area (Å²) in [5, 5.41) is 4.49. The monoisotopic (exact) mass is 273 g/mol. The van der Waals surface area contributed by atoms with E-state index in [2.05, 4.69) is 10.3 Å². The second kappa shape index (κ2) is 6.34. The van der Waals surface area contributed by atoms with Crippen molar-refractivity contribution in [3.05, 3.63) is 35.7 Å². The number of pyridine rings is 1. The molecule has 1 amide bonds. The van der Waals surface area contributed by atoms with Crippen LogP contribution in [0.3, 0.4) is 0 Å². The highest BCUT2D eigenvalue weighted by atomic mass is 16.5. The molecular formula is C15H19N3O2. The van der Waals surface area contributed by atoms with E-state index in [1.807, 2.05) is 31.2 Å². The maximum atomic E-state index is 12.2. The second-order valence-electron chi connectivity index (χ2n) is 4.66. The lowest BCUT2D eigenvalue weighted by atomic mass is 10.1. The van der Waals surface area contributed by atoms with Gasteiger partial charge in [0.1, 0.15) is 5.69 Å². The minimum Gasteiger partial charge on any atom is -0.398 e. The Bertz CT molecular complexity index is 626. The fourth-order valence-corrected chi connectivity index (χ4v) is 2.10. The Hall–Kier alpha value is -2.14. The van der Waals surface area contributed by atoms with Crippen molar-refractivity contribution < 1.29 is 9.53 Å². The van der Waals surface area contributed by atoms with Gasteiger partial charge < -0.3 is 15.8 Å². The van der Waals surface area contributed by atoms with E-state index < -0.39 is 0 Å². The van der Waals surface area contributed by atoms with Crippen molar-refractivity contribution in [3.8, 4) is 0 Å². The Kier molecular flexibility index (Phi) is 4.53. The summed E-state index contributed by atoms with van der Waals surface area (Å²) in [6.45, 7) is 3.04. The first-order valence-corrected chi connectivity index (χ1v) is 6.56. The van der Waals surface area contributed by atoms with Gasteiger partial charge in [-0.05, 0) is 25.5 Å². The van der Waals surface area contributed by atoms with Gasteiger partial charge in [0.25, 0.3) is 5.91 Å². The van der Waals surface area contributed by atoms with Crippen LogP contribution < -0.4 is 11.1 Å². The fraction of sp³-hybridized carbons (Fsp3) is 0.333. The Morgan fingerprint density at radius 2 is 2.20 bits per heavy atom. The Morgan fingerprint density at radius 3 is 2.95 bits per heavy atom. The number of carbonyl (C=O) groups is 1. The summed E-state index contributed by atoms with van der Waals surface area (Å²) in [5.74, 6) is -0.180. The molecule has 3 N–H and O–H groups in total. The molecular weight excluding hydrogens is 254 g/mol. The van der Waals surface area contributed by atoms with Crippen LogP contribution in [0, 0.1) is 6.92 Å². The molecule has 1 aromatic heterocycles. The number of methoxy groups -OCH3 is 1. The van der Waals surface area contributed by atoms with Crippen molar-refractivity contribution >= 4 is 22.4 Å². The Morgan fingerprint density at radius 1 is 1.40 bits per heavy atom. The summed E-state index contributed by atoms with van der Waals surface area (Å²) in [6.07, 6.45) is 0.772. The summed E-state index contributed by atoms with van der Waals surface area (Å²) in [4.78, 5) is 16.6. The number of amides is 1. The summed E-state index contributed by atoms with van der Waals surface area (Å²) in [6, 6.07) is 7.41. The van der Waals surface area contributed by atoms with E-state index in [0.717, 1.165) is 22.9 Å². The van der Waals surface area contributed by atoms with Crippen molar-refractivity contribution in [1.29, 1.82) is 0 Å². The Balaban J connectivity index is 2.29. The van der Waals surface area contributed by atoms with Gasteiger partial charge in [-0.15, -0.1) is 0 Å². The van der Waals surface area contributed by atoms with Gasteiger partial charge in [0, 0.05) is 42.4 Å². The SMILES string of the molecule is COCCCNC(=O)c1nc(C)cc2c(N)cccc12. The van der Waals surface area contributed by atoms with Gasteiger partial charge in [-0.3, -0.25) is 4.79 Å². The number of benzene rings is 1. The number of nitrogens with one attached hydrogen (secondary N) is 1. The second-order valence-corrected chi connectivity index (χ2v) is 4.66. The molecule has 0 saturated carbocycles. The lowest BCUT2D eigenvalue weighted by Gasteiger charge is -2.10. The highest BCUT2D eigenvalue weighted by Crippen LogP contribution is 2.23. The van der Waals surface area contributed by atoms with E-state index in [9.17, 15) is 4.79 Å². The largest absolute Gasteiger partial charge is 0.398 e. The molecule has 0 saturated heterocycles. The molecule has 20 heavy (non-hydrogen) atoms. The normalized spacial score (nSPS) is 10.7. The van der Waals surface area contributed by atoms with Crippen LogP contribution in [0.2, 0.25) is 0 Å². The van der Waals surface area contributed by atoms with Crippen molar-refractivity contribution in [1.82, 2.24) is 10.3 Å². The topological polar surface area (TPSA) is 77.2 Å². The molecule has 0 aliphatic carbocycles. The van der Waals surface area contributed by atoms with Crippen LogP contribution in [-0.4, -0.2) is 31.2 Å². The minimum atomic E-state index is -0.180. The Labute approximate surface area is 118 Å². The number of nitrogen functional groups attached to an aromatic ring is 1. The molecule has 0 fully saturated rings. The number of carbonyl (C=O) groups excluding carboxylic acids is 1. The molecule has 0 spiro atoms. The summed E-state index contributed by atoms with van der Waals surface area (Å²) in [7, 11) is 1.64. The molecule has 5 heteroatoms. The van der Waals surface area contributed by atoms with E-state index in [4.69, 9.17) is 10.5 Å². The quantitative estimate of drug-likeness (QED) is 0.644. The van der Waals surface area contributed by atoms with E-state index >= 15 is 0 Å². The fourth-order valence-electron chi connectivity index (χ4n) is 2.10. The number of ether oxygens (including phenoxy) is 1. The molecule has 0 bridgehead atoms. The van der Waals surface area contributed by atoms with Gasteiger partial charge in [0.15, 0.2) is 0 Å². The summed E-state index contributed by atoms with van der Waals surface area (Å²) in [5.41, 5.74) is 7.81. The van der Waals surface area contributed by atoms with Crippen molar-refractivity contribution in [3.63, 3.8) is 0 Å². The van der Waals surface area contributed by atoms with Crippen LogP contribution in [-0.2, 0) is 4.74 Å². The maximum Gasteiger partial charge on any atom is 0.270 e. The van der Waals surface area contributed by atoms with Crippen LogP contribution in [0.25, 0.3) is 10.8 Å². The number of nitrogens with zero attached hydrogens (tertiary/aromatic N) is 1. The average molecular weight is 273 g/mol. The molecule has 0 aliphatic rings. The van der Waals surface area contributed by atoms with Crippen molar-refractivity contribution in [2.75, 3.05) is 26.0 Å². The molecule has 2 rings (SSSR count). The maximum absolute atomic E-state index is 12.2. The highest BCUT2D eigenvalue weighted by molar-refractivity contribution is 6.08. The predicted molar refractivity (Wildman–Crippen MR) is 79.7 cm³/mol. The van der Waals surface area contributed by atoms with E-state index in [-0.39, 0.29) is 5.91 Å². The smallest absolute Gasteiger partial charge is 0.270 e. The molecule has 0 radical (unpaired) electrons. The van der Waals surface area contributed by atoms with E-state index in [1.165, 1.54) is 0 Å². The van der Waals surface area contributed by atoms with E-state index in [1.54, 1.807) is 7.11 Å². The van der Waals surface area contributed by atoms with Crippen LogP contribution in [0.5, 0.6) is 0 Å². The first-order valence-electron chi connectivity index (χ1n) is 6.56. The van der Waals surface area contributed by atoms with Crippen LogP contribution in [0.15, 0.2) is 24.3 Å². The molecule has 1 heterocycles. The lowest BCUT2D eigenvalue weighted by molar-refractivity contribution is 0.0945. The molecule has 5 nitrogen and oxygen atoms in total. The van der Waals surface area contributed by atoms with Crippen LogP contribution in [0.4, 0.5) is 5.69 Å². The zero-order chi connectivity index (χ0) is 14.5. The van der Waals surface area contributed by atoms with Crippen LogP contribution >= 0.6 is 0 Å². The third-order valence-electron chi connectivity index (χ3n) is 3.06. The van der Waals surface area contributed by atoms with Crippen molar-refractivity contribution in [2.24, 2.45) is 0 Å². The van der Waals surface area contributed by atoms with Gasteiger partial charge in [-0.2, -0.15) is 0 Å². The number of nitrogens with two attached hydrogens (primary N) is 1. The van der Waals surface area contributed by atoms with Gasteiger partial charge >= 0.3 is 0 Å².